The van der Waals surface area contributed by atoms with Crippen LogP contribution in [0.3, 0.4) is 0 Å². The summed E-state index contributed by atoms with van der Waals surface area (Å²) in [6.07, 6.45) is 4.61. The van der Waals surface area contributed by atoms with Crippen LogP contribution in [0.1, 0.15) is 10.4 Å². The molecule has 6 nitrogen and oxygen atoms in total. The van der Waals surface area contributed by atoms with Gasteiger partial charge in [0.15, 0.2) is 0 Å². The first kappa shape index (κ1) is 10.4. The second kappa shape index (κ2) is 3.92. The zero-order valence-electron chi connectivity index (χ0n) is 9.16. The topological polar surface area (TPSA) is 91.8 Å². The van der Waals surface area contributed by atoms with E-state index in [2.05, 4.69) is 20.2 Å². The van der Waals surface area contributed by atoms with E-state index in [-0.39, 0.29) is 5.56 Å². The lowest BCUT2D eigenvalue weighted by Crippen LogP contribution is -1.97. The molecule has 6 heteroatoms. The maximum atomic E-state index is 11.2. The van der Waals surface area contributed by atoms with Gasteiger partial charge in [-0.3, -0.25) is 5.10 Å². The van der Waals surface area contributed by atoms with E-state index in [1.165, 1.54) is 6.33 Å². The molecule has 0 saturated heterocycles. The van der Waals surface area contributed by atoms with Crippen molar-refractivity contribution < 1.29 is 9.90 Å². The molecule has 0 unspecified atom stereocenters. The van der Waals surface area contributed by atoms with E-state index < -0.39 is 5.97 Å². The lowest BCUT2D eigenvalue weighted by molar-refractivity contribution is 0.0699. The minimum Gasteiger partial charge on any atom is -0.478 e. The number of hydrogen-bond acceptors (Lipinski definition) is 4. The van der Waals surface area contributed by atoms with E-state index >= 15 is 0 Å². The molecule has 0 bridgehead atoms. The van der Waals surface area contributed by atoms with Crippen molar-refractivity contribution in [2.45, 2.75) is 0 Å². The van der Waals surface area contributed by atoms with E-state index in [1.54, 1.807) is 30.6 Å². The van der Waals surface area contributed by atoms with Crippen molar-refractivity contribution in [2.75, 3.05) is 0 Å². The van der Waals surface area contributed by atoms with E-state index in [9.17, 15) is 9.90 Å². The third-order valence-electron chi connectivity index (χ3n) is 2.65. The molecule has 88 valence electrons. The molecular weight excluding hydrogens is 232 g/mol. The van der Waals surface area contributed by atoms with Crippen LogP contribution in [-0.2, 0) is 0 Å². The molecule has 3 aromatic rings. The van der Waals surface area contributed by atoms with Crippen molar-refractivity contribution in [1.29, 1.82) is 0 Å². The number of H-pyrrole nitrogens is 1. The Morgan fingerprint density at radius 2 is 2.00 bits per heavy atom. The number of benzene rings is 1. The monoisotopic (exact) mass is 240 g/mol. The number of carboxylic acids is 1. The van der Waals surface area contributed by atoms with Gasteiger partial charge in [-0.05, 0) is 12.1 Å². The Hall–Kier alpha value is -2.76. The number of hydrogen-bond donors (Lipinski definition) is 2. The number of nitrogens with one attached hydrogen (secondary N) is 1. The number of aromatic carboxylic acids is 1. The standard InChI is InChI=1S/C12H8N4O2/c17-12(18)8-2-1-3-9-10(8)11(16-15-9)7-4-13-6-14-5-7/h1-6H,(H,15,16)(H,17,18). The molecule has 0 amide bonds. The molecule has 1 aromatic carbocycles. The van der Waals surface area contributed by atoms with Gasteiger partial charge in [-0.2, -0.15) is 5.10 Å². The van der Waals surface area contributed by atoms with Gasteiger partial charge in [0.2, 0.25) is 0 Å². The summed E-state index contributed by atoms with van der Waals surface area (Å²) in [5.74, 6) is -0.986. The molecule has 2 heterocycles. The number of fused-ring (bicyclic) bond motifs is 1. The van der Waals surface area contributed by atoms with E-state index in [0.29, 0.717) is 22.2 Å². The maximum absolute atomic E-state index is 11.2. The van der Waals surface area contributed by atoms with Crippen LogP contribution >= 0.6 is 0 Å². The fourth-order valence-electron chi connectivity index (χ4n) is 1.88. The Morgan fingerprint density at radius 3 is 2.72 bits per heavy atom. The van der Waals surface area contributed by atoms with Crippen LogP contribution in [0.4, 0.5) is 0 Å². The summed E-state index contributed by atoms with van der Waals surface area (Å²) in [7, 11) is 0. The van der Waals surface area contributed by atoms with Gasteiger partial charge < -0.3 is 5.11 Å². The highest BCUT2D eigenvalue weighted by molar-refractivity contribution is 6.08. The zero-order chi connectivity index (χ0) is 12.5. The average Bonchev–Trinajstić information content (AvgIpc) is 2.83. The Kier molecular flexibility index (Phi) is 2.26. The zero-order valence-corrected chi connectivity index (χ0v) is 9.16. The molecule has 3 rings (SSSR count). The lowest BCUT2D eigenvalue weighted by atomic mass is 10.1. The Labute approximate surface area is 101 Å². The molecule has 2 aromatic heterocycles. The number of aromatic amines is 1. The minimum absolute atomic E-state index is 0.208. The van der Waals surface area contributed by atoms with Gasteiger partial charge in [-0.25, -0.2) is 14.8 Å². The molecule has 2 N–H and O–H groups in total. The molecule has 0 aliphatic carbocycles. The normalized spacial score (nSPS) is 10.7. The van der Waals surface area contributed by atoms with Gasteiger partial charge in [-0.15, -0.1) is 0 Å². The summed E-state index contributed by atoms with van der Waals surface area (Å²) in [6.45, 7) is 0. The number of aromatic nitrogens is 4. The van der Waals surface area contributed by atoms with E-state index in [4.69, 9.17) is 0 Å². The van der Waals surface area contributed by atoms with Crippen molar-refractivity contribution in [3.8, 4) is 11.3 Å². The third-order valence-corrected chi connectivity index (χ3v) is 2.65. The molecule has 0 atom stereocenters. The molecular formula is C12H8N4O2. The Bertz CT molecular complexity index is 721. The fourth-order valence-corrected chi connectivity index (χ4v) is 1.88. The molecule has 0 radical (unpaired) electrons. The number of carboxylic acid groups (broad SMARTS) is 1. The fraction of sp³-hybridized carbons (Fsp3) is 0. The number of rotatable bonds is 2. The summed E-state index contributed by atoms with van der Waals surface area (Å²) in [4.78, 5) is 19.0. The summed E-state index contributed by atoms with van der Waals surface area (Å²) < 4.78 is 0. The second-order valence-electron chi connectivity index (χ2n) is 3.73. The lowest BCUT2D eigenvalue weighted by Gasteiger charge is -2.00. The van der Waals surface area contributed by atoms with Gasteiger partial charge in [0, 0.05) is 23.3 Å². The Morgan fingerprint density at radius 1 is 1.22 bits per heavy atom. The van der Waals surface area contributed by atoms with Crippen molar-refractivity contribution in [2.24, 2.45) is 0 Å². The summed E-state index contributed by atoms with van der Waals surface area (Å²) in [5, 5.41) is 16.7. The highest BCUT2D eigenvalue weighted by Gasteiger charge is 2.16. The molecule has 18 heavy (non-hydrogen) atoms. The van der Waals surface area contributed by atoms with Gasteiger partial charge in [-0.1, -0.05) is 6.07 Å². The van der Waals surface area contributed by atoms with Crippen molar-refractivity contribution in [1.82, 2.24) is 20.2 Å². The highest BCUT2D eigenvalue weighted by atomic mass is 16.4. The van der Waals surface area contributed by atoms with E-state index in [0.717, 1.165) is 0 Å². The SMILES string of the molecule is O=C(O)c1cccc2[nH]nc(-c3cncnc3)c12. The first-order valence-corrected chi connectivity index (χ1v) is 5.23. The number of nitrogens with zero attached hydrogens (tertiary/aromatic N) is 3. The van der Waals surface area contributed by atoms with Crippen molar-refractivity contribution in [3.63, 3.8) is 0 Å². The van der Waals surface area contributed by atoms with E-state index in [1.807, 2.05) is 0 Å². The highest BCUT2D eigenvalue weighted by Crippen LogP contribution is 2.28. The van der Waals surface area contributed by atoms with Gasteiger partial charge in [0.1, 0.15) is 12.0 Å². The van der Waals surface area contributed by atoms with Gasteiger partial charge >= 0.3 is 5.97 Å². The smallest absolute Gasteiger partial charge is 0.336 e. The molecule has 0 spiro atoms. The first-order valence-electron chi connectivity index (χ1n) is 5.23. The predicted molar refractivity (Wildman–Crippen MR) is 64.1 cm³/mol. The van der Waals surface area contributed by atoms with Crippen LogP contribution in [0.2, 0.25) is 0 Å². The third kappa shape index (κ3) is 1.51. The van der Waals surface area contributed by atoms with Gasteiger partial charge in [0.05, 0.1) is 11.1 Å². The van der Waals surface area contributed by atoms with Crippen LogP contribution in [0, 0.1) is 0 Å². The minimum atomic E-state index is -0.986. The first-order chi connectivity index (χ1) is 8.77. The van der Waals surface area contributed by atoms with Crippen LogP contribution < -0.4 is 0 Å². The predicted octanol–water partition coefficient (Wildman–Crippen LogP) is 1.72. The van der Waals surface area contributed by atoms with Crippen molar-refractivity contribution in [3.05, 3.63) is 42.5 Å². The van der Waals surface area contributed by atoms with Crippen LogP contribution in [0.5, 0.6) is 0 Å². The van der Waals surface area contributed by atoms with Gasteiger partial charge in [0.25, 0.3) is 0 Å². The maximum Gasteiger partial charge on any atom is 0.336 e. The average molecular weight is 240 g/mol. The second-order valence-corrected chi connectivity index (χ2v) is 3.73. The van der Waals surface area contributed by atoms with Crippen LogP contribution in [-0.4, -0.2) is 31.2 Å². The summed E-state index contributed by atoms with van der Waals surface area (Å²) in [6, 6.07) is 5.00. The molecule has 0 aliphatic rings. The molecule has 0 fully saturated rings. The molecule has 0 aliphatic heterocycles. The quantitative estimate of drug-likeness (QED) is 0.711. The van der Waals surface area contributed by atoms with Crippen molar-refractivity contribution >= 4 is 16.9 Å². The Balaban J connectivity index is 2.35. The largest absolute Gasteiger partial charge is 0.478 e. The number of carbonyl (C=O) groups is 1. The van der Waals surface area contributed by atoms with Crippen LogP contribution in [0.25, 0.3) is 22.2 Å². The summed E-state index contributed by atoms with van der Waals surface area (Å²) in [5.41, 5.74) is 2.11. The van der Waals surface area contributed by atoms with Crippen LogP contribution in [0.15, 0.2) is 36.9 Å². The molecule has 0 saturated carbocycles. The summed E-state index contributed by atoms with van der Waals surface area (Å²) >= 11 is 0.